The van der Waals surface area contributed by atoms with Gasteiger partial charge in [0.15, 0.2) is 0 Å². The summed E-state index contributed by atoms with van der Waals surface area (Å²) in [5, 5.41) is 9.96. The number of aliphatic hydroxyl groups excluding tert-OH is 1. The van der Waals surface area contributed by atoms with Crippen LogP contribution < -0.4 is 17.2 Å². The number of ether oxygens (including phenoxy) is 1. The van der Waals surface area contributed by atoms with Crippen LogP contribution in [0.4, 0.5) is 0 Å². The molecule has 0 saturated heterocycles. The first-order chi connectivity index (χ1) is 10.4. The maximum Gasteiger partial charge on any atom is 0.124 e. The summed E-state index contributed by atoms with van der Waals surface area (Å²) in [5.74, 6) is 0.185. The van der Waals surface area contributed by atoms with Gasteiger partial charge in [-0.2, -0.15) is 0 Å². The van der Waals surface area contributed by atoms with Crippen LogP contribution in [0.25, 0.3) is 0 Å². The molecule has 0 atom stereocenters. The van der Waals surface area contributed by atoms with Gasteiger partial charge in [-0.25, -0.2) is 0 Å². The lowest BCUT2D eigenvalue weighted by molar-refractivity contribution is 0.167. The van der Waals surface area contributed by atoms with Gasteiger partial charge in [0, 0.05) is 31.5 Å². The third-order valence-electron chi connectivity index (χ3n) is 3.03. The van der Waals surface area contributed by atoms with Crippen LogP contribution in [-0.4, -0.2) is 36.8 Å². The van der Waals surface area contributed by atoms with Gasteiger partial charge in [-0.1, -0.05) is 18.7 Å². The zero-order valence-corrected chi connectivity index (χ0v) is 13.7. The Bertz CT molecular complexity index is 486. The van der Waals surface area contributed by atoms with Gasteiger partial charge in [-0.3, -0.25) is 0 Å². The molecular weight excluding hydrogens is 280 g/mol. The number of rotatable bonds is 9. The molecule has 124 valence electrons. The highest BCUT2D eigenvalue weighted by Gasteiger charge is 2.12. The normalized spacial score (nSPS) is 13.0. The lowest BCUT2D eigenvalue weighted by atomic mass is 10.1. The predicted octanol–water partition coefficient (Wildman–Crippen LogP) is 1.46. The molecule has 0 aromatic heterocycles. The highest BCUT2D eigenvalue weighted by atomic mass is 16.5. The third kappa shape index (κ3) is 5.97. The number of aliphatic hydroxyl groups is 1. The van der Waals surface area contributed by atoms with E-state index in [1.54, 1.807) is 26.2 Å². The first-order valence-corrected chi connectivity index (χ1v) is 7.07. The Morgan fingerprint density at radius 1 is 1.32 bits per heavy atom. The molecule has 0 aliphatic rings. The summed E-state index contributed by atoms with van der Waals surface area (Å²) in [6.07, 6.45) is 6.30. The topological polar surface area (TPSA) is 111 Å². The summed E-state index contributed by atoms with van der Waals surface area (Å²) in [6.45, 7) is 9.17. The second-order valence-electron chi connectivity index (χ2n) is 4.50. The summed E-state index contributed by atoms with van der Waals surface area (Å²) < 4.78 is 5.08. The van der Waals surface area contributed by atoms with E-state index in [1.165, 1.54) is 12.2 Å². The lowest BCUT2D eigenvalue weighted by Crippen LogP contribution is -2.31. The number of likely N-dealkylation sites (N-methyl/N-ethyl adjacent to an activating group) is 1. The van der Waals surface area contributed by atoms with E-state index in [1.807, 2.05) is 11.8 Å². The van der Waals surface area contributed by atoms with E-state index < -0.39 is 0 Å². The van der Waals surface area contributed by atoms with Gasteiger partial charge in [0.2, 0.25) is 0 Å². The van der Waals surface area contributed by atoms with Crippen molar-refractivity contribution >= 4 is 0 Å². The molecule has 0 fully saturated rings. The predicted molar refractivity (Wildman–Crippen MR) is 91.5 cm³/mol. The molecule has 0 heterocycles. The van der Waals surface area contributed by atoms with E-state index >= 15 is 0 Å². The van der Waals surface area contributed by atoms with E-state index in [0.717, 1.165) is 0 Å². The Kier molecular flexibility index (Phi) is 9.29. The summed E-state index contributed by atoms with van der Waals surface area (Å²) in [6, 6.07) is 0. The minimum Gasteiger partial charge on any atom is -0.507 e. The lowest BCUT2D eigenvalue weighted by Gasteiger charge is -2.25. The van der Waals surface area contributed by atoms with Crippen LogP contribution >= 0.6 is 0 Å². The Morgan fingerprint density at radius 3 is 2.36 bits per heavy atom. The van der Waals surface area contributed by atoms with Crippen molar-refractivity contribution in [3.63, 3.8) is 0 Å². The fourth-order valence-electron chi connectivity index (χ4n) is 1.90. The zero-order chi connectivity index (χ0) is 17.1. The molecule has 0 aliphatic carbocycles. The second-order valence-corrected chi connectivity index (χ2v) is 4.50. The van der Waals surface area contributed by atoms with Crippen molar-refractivity contribution in [2.45, 2.75) is 13.8 Å². The molecule has 0 aromatic carbocycles. The molecule has 22 heavy (non-hydrogen) atoms. The van der Waals surface area contributed by atoms with Crippen molar-refractivity contribution in [1.82, 2.24) is 4.90 Å². The van der Waals surface area contributed by atoms with E-state index in [2.05, 4.69) is 6.58 Å². The Morgan fingerprint density at radius 2 is 1.95 bits per heavy atom. The Balaban J connectivity index is 5.59. The highest BCUT2D eigenvalue weighted by molar-refractivity contribution is 5.45. The largest absolute Gasteiger partial charge is 0.507 e. The third-order valence-corrected chi connectivity index (χ3v) is 3.03. The van der Waals surface area contributed by atoms with Crippen molar-refractivity contribution < 1.29 is 9.84 Å². The molecule has 0 rings (SSSR count). The number of hydrogen-bond acceptors (Lipinski definition) is 6. The highest BCUT2D eigenvalue weighted by Crippen LogP contribution is 2.17. The molecule has 0 radical (unpaired) electrons. The van der Waals surface area contributed by atoms with Gasteiger partial charge in [-0.05, 0) is 26.0 Å². The van der Waals surface area contributed by atoms with Crippen LogP contribution in [-0.2, 0) is 4.74 Å². The van der Waals surface area contributed by atoms with Crippen LogP contribution in [0.15, 0.2) is 59.4 Å². The van der Waals surface area contributed by atoms with Gasteiger partial charge in [0.25, 0.3) is 0 Å². The first-order valence-electron chi connectivity index (χ1n) is 7.07. The summed E-state index contributed by atoms with van der Waals surface area (Å²) >= 11 is 0. The van der Waals surface area contributed by atoms with E-state index in [4.69, 9.17) is 21.9 Å². The van der Waals surface area contributed by atoms with Crippen molar-refractivity contribution in [1.29, 1.82) is 0 Å². The van der Waals surface area contributed by atoms with Crippen LogP contribution in [0, 0.1) is 0 Å². The van der Waals surface area contributed by atoms with Gasteiger partial charge in [0.1, 0.15) is 11.6 Å². The summed E-state index contributed by atoms with van der Waals surface area (Å²) in [4.78, 5) is 1.95. The van der Waals surface area contributed by atoms with Crippen molar-refractivity contribution in [2.75, 3.05) is 26.8 Å². The molecule has 0 saturated carbocycles. The minimum absolute atomic E-state index is 0.0288. The Labute approximate surface area is 132 Å². The molecule has 6 heteroatoms. The van der Waals surface area contributed by atoms with Gasteiger partial charge >= 0.3 is 0 Å². The van der Waals surface area contributed by atoms with Gasteiger partial charge in [-0.15, -0.1) is 0 Å². The SMILES string of the molecule is C=C\C=C(O)/C(=C\C)C(/N)=C/C(=C(N)N)N(CC)CCOC. The minimum atomic E-state index is 0.0288. The average Bonchev–Trinajstić information content (AvgIpc) is 2.47. The molecule has 0 aromatic rings. The summed E-state index contributed by atoms with van der Waals surface area (Å²) in [5.41, 5.74) is 19.1. The van der Waals surface area contributed by atoms with Crippen LogP contribution in [0.1, 0.15) is 13.8 Å². The van der Waals surface area contributed by atoms with Crippen LogP contribution in [0.5, 0.6) is 0 Å². The standard InChI is InChI=1S/C16H28N4O2/c1-5-8-15(21)12(6-2)13(17)11-14(16(18)19)20(7-3)9-10-22-4/h5-6,8,11,21H,1,7,9-10,17-19H2,2-4H3/b12-6-,13-11-,15-8+. The molecule has 0 amide bonds. The number of hydrogen-bond donors (Lipinski definition) is 4. The molecule has 0 unspecified atom stereocenters. The maximum absolute atomic E-state index is 9.96. The molecule has 7 N–H and O–H groups in total. The number of allylic oxidation sites excluding steroid dienone is 4. The van der Waals surface area contributed by atoms with Gasteiger partial charge in [0.05, 0.1) is 12.3 Å². The Hall–Kier alpha value is -2.34. The number of nitrogens with two attached hydrogens (primary N) is 3. The van der Waals surface area contributed by atoms with Gasteiger partial charge < -0.3 is 31.9 Å². The number of nitrogens with zero attached hydrogens (tertiary/aromatic N) is 1. The molecule has 6 nitrogen and oxygen atoms in total. The maximum atomic E-state index is 9.96. The number of methoxy groups -OCH3 is 1. The van der Waals surface area contributed by atoms with E-state index in [9.17, 15) is 5.11 Å². The molecular formula is C16H28N4O2. The van der Waals surface area contributed by atoms with E-state index in [0.29, 0.717) is 36.7 Å². The molecule has 0 aliphatic heterocycles. The van der Waals surface area contributed by atoms with Crippen LogP contribution in [0.3, 0.4) is 0 Å². The first kappa shape index (κ1) is 19.7. The molecule has 0 spiro atoms. The van der Waals surface area contributed by atoms with E-state index in [-0.39, 0.29) is 11.6 Å². The molecule has 0 bridgehead atoms. The fourth-order valence-corrected chi connectivity index (χ4v) is 1.90. The van der Waals surface area contributed by atoms with Crippen molar-refractivity contribution in [3.05, 3.63) is 59.4 Å². The monoisotopic (exact) mass is 308 g/mol. The smallest absolute Gasteiger partial charge is 0.124 e. The quantitative estimate of drug-likeness (QED) is 0.379. The summed E-state index contributed by atoms with van der Waals surface area (Å²) in [7, 11) is 1.63. The van der Waals surface area contributed by atoms with Crippen molar-refractivity contribution in [3.8, 4) is 0 Å². The fraction of sp³-hybridized carbons (Fsp3) is 0.375. The zero-order valence-electron chi connectivity index (χ0n) is 13.7. The van der Waals surface area contributed by atoms with Crippen LogP contribution in [0.2, 0.25) is 0 Å². The second kappa shape index (κ2) is 10.4. The average molecular weight is 308 g/mol. The van der Waals surface area contributed by atoms with Crippen molar-refractivity contribution in [2.24, 2.45) is 17.2 Å².